The summed E-state index contributed by atoms with van der Waals surface area (Å²) in [5.41, 5.74) is 14.2. The molecule has 4 aromatic heterocycles. The first kappa shape index (κ1) is 52.6. The molecule has 2 aliphatic rings. The van der Waals surface area contributed by atoms with Gasteiger partial charge in [0.15, 0.2) is 11.4 Å². The van der Waals surface area contributed by atoms with Gasteiger partial charge in [0.2, 0.25) is 0 Å². The summed E-state index contributed by atoms with van der Waals surface area (Å²) in [7, 11) is 0. The zero-order chi connectivity index (χ0) is 52.0. The number of aliphatic imine (C=N–C) groups is 2. The van der Waals surface area contributed by atoms with Crippen molar-refractivity contribution in [1.82, 2.24) is 19.9 Å². The number of carbonyl (C=O) groups excluding carboxylic acids is 4. The predicted octanol–water partition coefficient (Wildman–Crippen LogP) is 11.8. The van der Waals surface area contributed by atoms with Gasteiger partial charge in [-0.1, -0.05) is 79.7 Å². The van der Waals surface area contributed by atoms with Gasteiger partial charge in [-0.2, -0.15) is 0 Å². The van der Waals surface area contributed by atoms with Gasteiger partial charge in [0.25, 0.3) is 0 Å². The van der Waals surface area contributed by atoms with Gasteiger partial charge in [-0.05, 0) is 136 Å². The molecular formula is C58H68N6O8. The number of hydrogen-bond donors (Lipinski definition) is 2. The van der Waals surface area contributed by atoms with E-state index in [1.807, 2.05) is 77.9 Å². The van der Waals surface area contributed by atoms with Crippen molar-refractivity contribution in [2.24, 2.45) is 9.98 Å². The van der Waals surface area contributed by atoms with E-state index in [1.165, 1.54) is 0 Å². The fourth-order valence-corrected chi connectivity index (χ4v) is 10.4. The molecule has 72 heavy (non-hydrogen) atoms. The Morgan fingerprint density at radius 2 is 0.694 bits per heavy atom. The minimum absolute atomic E-state index is 0.193. The molecule has 0 unspecified atom stereocenters. The maximum Gasteiger partial charge on any atom is 0.357 e. The highest BCUT2D eigenvalue weighted by Crippen LogP contribution is 2.44. The fourth-order valence-electron chi connectivity index (χ4n) is 10.4. The molecule has 2 N–H and O–H groups in total. The fraction of sp³-hybridized carbons (Fsp3) is 0.414. The average molecular weight is 977 g/mol. The van der Waals surface area contributed by atoms with Crippen molar-refractivity contribution in [3.63, 3.8) is 0 Å². The highest BCUT2D eigenvalue weighted by molar-refractivity contribution is 6.45. The van der Waals surface area contributed by atoms with Crippen LogP contribution in [0.25, 0.3) is 33.0 Å². The van der Waals surface area contributed by atoms with Crippen LogP contribution in [0.5, 0.6) is 0 Å². The number of rotatable bonds is 20. The van der Waals surface area contributed by atoms with Crippen molar-refractivity contribution >= 4 is 68.3 Å². The third-order valence-electron chi connectivity index (χ3n) is 13.5. The summed E-state index contributed by atoms with van der Waals surface area (Å²) in [6.07, 6.45) is 4.48. The van der Waals surface area contributed by atoms with Crippen LogP contribution in [0, 0.1) is 0 Å². The number of esters is 4. The number of aromatic amines is 2. The lowest BCUT2D eigenvalue weighted by Crippen LogP contribution is -2.18. The van der Waals surface area contributed by atoms with Crippen LogP contribution in [0.1, 0.15) is 175 Å². The normalized spacial score (nSPS) is 15.1. The summed E-state index contributed by atoms with van der Waals surface area (Å²) in [6, 6.07) is 11.9. The summed E-state index contributed by atoms with van der Waals surface area (Å²) in [5.74, 6) is -1.91. The second kappa shape index (κ2) is 22.9. The van der Waals surface area contributed by atoms with Gasteiger partial charge >= 0.3 is 23.9 Å². The molecule has 5 aromatic rings. The Morgan fingerprint density at radius 3 is 1.00 bits per heavy atom. The molecule has 0 bridgehead atoms. The molecule has 0 atom stereocenters. The smallest absolute Gasteiger partial charge is 0.357 e. The van der Waals surface area contributed by atoms with E-state index < -0.39 is 23.9 Å². The van der Waals surface area contributed by atoms with Crippen LogP contribution in [0.3, 0.4) is 0 Å². The second-order valence-corrected chi connectivity index (χ2v) is 17.3. The van der Waals surface area contributed by atoms with Crippen LogP contribution >= 0.6 is 0 Å². The quantitative estimate of drug-likeness (QED) is 0.0431. The molecule has 7 rings (SSSR count). The van der Waals surface area contributed by atoms with Crippen LogP contribution in [-0.4, -0.2) is 81.7 Å². The number of aromatic nitrogens is 4. The van der Waals surface area contributed by atoms with Crippen LogP contribution in [0.4, 0.5) is 0 Å². The lowest BCUT2D eigenvalue weighted by atomic mass is 9.92. The molecule has 0 aliphatic carbocycles. The van der Waals surface area contributed by atoms with Gasteiger partial charge in [0.1, 0.15) is 11.4 Å². The summed E-state index contributed by atoms with van der Waals surface area (Å²) >= 11 is 0. The van der Waals surface area contributed by atoms with Crippen molar-refractivity contribution < 1.29 is 38.1 Å². The number of fused-ring (bicyclic) bond motifs is 3. The van der Waals surface area contributed by atoms with Crippen molar-refractivity contribution in [3.05, 3.63) is 127 Å². The van der Waals surface area contributed by atoms with Gasteiger partial charge in [-0.3, -0.25) is 0 Å². The second-order valence-electron chi connectivity index (χ2n) is 17.3. The highest BCUT2D eigenvalue weighted by Gasteiger charge is 2.35. The van der Waals surface area contributed by atoms with Crippen LogP contribution < -0.4 is 0 Å². The third kappa shape index (κ3) is 9.39. The third-order valence-corrected chi connectivity index (χ3v) is 13.5. The number of nitrogens with one attached hydrogen (secondary N) is 2. The Hall–Kier alpha value is -7.22. The summed E-state index contributed by atoms with van der Waals surface area (Å²) in [4.78, 5) is 82.9. The molecular weight excluding hydrogens is 909 g/mol. The number of benzene rings is 1. The van der Waals surface area contributed by atoms with Gasteiger partial charge in [0.05, 0.1) is 71.6 Å². The van der Waals surface area contributed by atoms with E-state index in [2.05, 4.69) is 23.8 Å². The van der Waals surface area contributed by atoms with Gasteiger partial charge in [0, 0.05) is 21.9 Å². The predicted molar refractivity (Wildman–Crippen MR) is 283 cm³/mol. The zero-order valence-electron chi connectivity index (χ0n) is 44.0. The van der Waals surface area contributed by atoms with E-state index in [0.29, 0.717) is 119 Å². The Morgan fingerprint density at radius 1 is 0.389 bits per heavy atom. The van der Waals surface area contributed by atoms with Crippen LogP contribution in [0.15, 0.2) is 80.1 Å². The lowest BCUT2D eigenvalue weighted by molar-refractivity contribution is -0.135. The number of carbonyl (C=O) groups is 4. The van der Waals surface area contributed by atoms with Crippen molar-refractivity contribution in [3.8, 4) is 0 Å². The topological polar surface area (TPSA) is 187 Å². The average Bonchev–Trinajstić information content (AvgIpc) is 4.16. The molecule has 378 valence electrons. The minimum atomic E-state index is -0.501. The number of ether oxygens (including phenoxy) is 4. The number of allylic oxidation sites excluding steroid dienone is 2. The Kier molecular flexibility index (Phi) is 16.7. The van der Waals surface area contributed by atoms with Crippen LogP contribution in [-0.2, 0) is 54.2 Å². The van der Waals surface area contributed by atoms with E-state index in [1.54, 1.807) is 27.7 Å². The summed E-state index contributed by atoms with van der Waals surface area (Å²) in [5, 5.41) is 1.64. The molecule has 0 radical (unpaired) electrons. The number of nitrogens with zero attached hydrogens (tertiary/aromatic N) is 4. The maximum absolute atomic E-state index is 13.7. The SMILES string of the molecule is CCOC(=O)C1=N/C(=C(/c2ccc3ccc4ccc(/C(=C5/N=C(C(=O)OCC)C(CC)=C5CC)c5[nH]c(C(=O)OCC)c(CC)c5CC)nc4c3n2)c2[nH]c(C(=O)OCC)c(CC)c2CC)C(CC)=C1CC. The highest BCUT2D eigenvalue weighted by atomic mass is 16.5. The van der Waals surface area contributed by atoms with E-state index in [-0.39, 0.29) is 37.9 Å². The van der Waals surface area contributed by atoms with Gasteiger partial charge < -0.3 is 28.9 Å². The minimum Gasteiger partial charge on any atom is -0.461 e. The van der Waals surface area contributed by atoms with Crippen molar-refractivity contribution in [2.75, 3.05) is 26.4 Å². The van der Waals surface area contributed by atoms with E-state index in [9.17, 15) is 19.2 Å². The van der Waals surface area contributed by atoms with Crippen molar-refractivity contribution in [2.45, 2.75) is 134 Å². The summed E-state index contributed by atoms with van der Waals surface area (Å²) < 4.78 is 22.3. The molecule has 1 aromatic carbocycles. The van der Waals surface area contributed by atoms with Crippen LogP contribution in [0.2, 0.25) is 0 Å². The standard InChI is InChI=1S/C58H68N6O8/c1-13-33-37(17-5)51(55(65)69-21-9)61-47(33)43(48-34(14-2)38(18-6)52(62-48)56(66)70-22-10)41-29-27-31-25-26-32-28-30-42(60-46(32)45(31)59-41)44(49-35(15-3)39(19-7)53(63-49)57(67)71-23-11)50-36(16-4)40(20-8)54(64-50)58(68)72-24-12/h25-30,61,63H,13-24H2,1-12H3/b48-43-,50-44-. The lowest BCUT2D eigenvalue weighted by Gasteiger charge is -2.16. The largest absolute Gasteiger partial charge is 0.461 e. The molecule has 0 fully saturated rings. The molecule has 0 spiro atoms. The monoisotopic (exact) mass is 977 g/mol. The van der Waals surface area contributed by atoms with E-state index in [4.69, 9.17) is 38.9 Å². The Bertz CT molecular complexity index is 2980. The molecule has 14 heteroatoms. The van der Waals surface area contributed by atoms with Gasteiger partial charge in [-0.25, -0.2) is 39.1 Å². The molecule has 2 aliphatic heterocycles. The maximum atomic E-state index is 13.7. The molecule has 6 heterocycles. The first-order valence-electron chi connectivity index (χ1n) is 25.9. The molecule has 0 saturated heterocycles. The number of H-pyrrole nitrogens is 2. The first-order valence-corrected chi connectivity index (χ1v) is 25.9. The molecule has 0 amide bonds. The number of pyridine rings is 2. The Labute approximate surface area is 422 Å². The summed E-state index contributed by atoms with van der Waals surface area (Å²) in [6.45, 7) is 24.2. The first-order chi connectivity index (χ1) is 34.9. The van der Waals surface area contributed by atoms with Crippen molar-refractivity contribution in [1.29, 1.82) is 0 Å². The Balaban J connectivity index is 1.61. The zero-order valence-corrected chi connectivity index (χ0v) is 44.0. The van der Waals surface area contributed by atoms with E-state index in [0.717, 1.165) is 55.3 Å². The molecule has 0 saturated carbocycles. The number of hydrogen-bond acceptors (Lipinski definition) is 12. The molecule has 14 nitrogen and oxygen atoms in total. The van der Waals surface area contributed by atoms with Gasteiger partial charge in [-0.15, -0.1) is 0 Å². The van der Waals surface area contributed by atoms with E-state index >= 15 is 0 Å².